The number of unbranched alkanes of at least 4 members (excludes halogenated alkanes) is 1. The van der Waals surface area contributed by atoms with Crippen molar-refractivity contribution in [3.63, 3.8) is 0 Å². The molecular formula is C16H19NO2S2. The highest BCUT2D eigenvalue weighted by Crippen LogP contribution is 2.33. The van der Waals surface area contributed by atoms with Crippen molar-refractivity contribution < 1.29 is 8.42 Å². The number of para-hydroxylation sites is 1. The van der Waals surface area contributed by atoms with Gasteiger partial charge in [-0.2, -0.15) is 0 Å². The molecule has 1 N–H and O–H groups in total. The molecule has 21 heavy (non-hydrogen) atoms. The molecule has 0 saturated heterocycles. The fraction of sp³-hybridized carbons (Fsp3) is 0.250. The zero-order valence-corrected chi connectivity index (χ0v) is 13.6. The topological polar surface area (TPSA) is 46.2 Å². The normalized spacial score (nSPS) is 11.3. The second kappa shape index (κ2) is 7.52. The van der Waals surface area contributed by atoms with Crippen LogP contribution in [0.2, 0.25) is 0 Å². The van der Waals surface area contributed by atoms with Gasteiger partial charge in [0, 0.05) is 9.79 Å². The Labute approximate surface area is 130 Å². The lowest BCUT2D eigenvalue weighted by Crippen LogP contribution is -2.16. The smallest absolute Gasteiger partial charge is 0.232 e. The van der Waals surface area contributed by atoms with E-state index in [4.69, 9.17) is 0 Å². The SMILES string of the molecule is CCCCS(=O)(=O)Nc1ccccc1Sc1ccccc1. The van der Waals surface area contributed by atoms with Gasteiger partial charge in [-0.3, -0.25) is 4.72 Å². The number of benzene rings is 2. The first kappa shape index (κ1) is 15.9. The van der Waals surface area contributed by atoms with Gasteiger partial charge in [0.15, 0.2) is 0 Å². The minimum atomic E-state index is -3.27. The zero-order chi connectivity index (χ0) is 15.1. The fourth-order valence-electron chi connectivity index (χ4n) is 1.81. The Kier molecular flexibility index (Phi) is 5.70. The molecule has 2 aromatic rings. The first-order valence-corrected chi connectivity index (χ1v) is 9.40. The van der Waals surface area contributed by atoms with E-state index in [0.29, 0.717) is 12.1 Å². The zero-order valence-electron chi connectivity index (χ0n) is 12.0. The largest absolute Gasteiger partial charge is 0.282 e. The third-order valence-corrected chi connectivity index (χ3v) is 5.33. The molecule has 0 fully saturated rings. The van der Waals surface area contributed by atoms with Crippen molar-refractivity contribution in [2.75, 3.05) is 10.5 Å². The second-order valence-electron chi connectivity index (χ2n) is 4.69. The molecule has 0 aliphatic rings. The van der Waals surface area contributed by atoms with E-state index in [1.165, 1.54) is 0 Å². The summed E-state index contributed by atoms with van der Waals surface area (Å²) >= 11 is 1.55. The number of nitrogens with one attached hydrogen (secondary N) is 1. The highest BCUT2D eigenvalue weighted by Gasteiger charge is 2.12. The van der Waals surface area contributed by atoms with Crippen LogP contribution in [0.4, 0.5) is 5.69 Å². The summed E-state index contributed by atoms with van der Waals surface area (Å²) in [6, 6.07) is 17.4. The molecule has 0 radical (unpaired) electrons. The van der Waals surface area contributed by atoms with Gasteiger partial charge in [0.25, 0.3) is 0 Å². The van der Waals surface area contributed by atoms with Crippen LogP contribution < -0.4 is 4.72 Å². The Bertz CT molecular complexity index is 670. The van der Waals surface area contributed by atoms with E-state index in [2.05, 4.69) is 4.72 Å². The van der Waals surface area contributed by atoms with Crippen molar-refractivity contribution in [1.82, 2.24) is 0 Å². The molecule has 0 unspecified atom stereocenters. The van der Waals surface area contributed by atoms with Gasteiger partial charge < -0.3 is 0 Å². The molecule has 3 nitrogen and oxygen atoms in total. The van der Waals surface area contributed by atoms with Gasteiger partial charge in [0.1, 0.15) is 0 Å². The summed E-state index contributed by atoms with van der Waals surface area (Å²) < 4.78 is 26.8. The summed E-state index contributed by atoms with van der Waals surface area (Å²) in [4.78, 5) is 1.99. The minimum absolute atomic E-state index is 0.161. The van der Waals surface area contributed by atoms with E-state index in [1.54, 1.807) is 17.8 Å². The molecule has 0 bridgehead atoms. The standard InChI is InChI=1S/C16H19NO2S2/c1-2-3-13-21(18,19)17-15-11-7-8-12-16(15)20-14-9-5-4-6-10-14/h4-12,17H,2-3,13H2,1H3. The number of hydrogen-bond acceptors (Lipinski definition) is 3. The molecule has 0 amide bonds. The van der Waals surface area contributed by atoms with Crippen molar-refractivity contribution in [2.24, 2.45) is 0 Å². The third kappa shape index (κ3) is 5.10. The Morgan fingerprint density at radius 2 is 1.67 bits per heavy atom. The fourth-order valence-corrected chi connectivity index (χ4v) is 4.08. The number of rotatable bonds is 7. The van der Waals surface area contributed by atoms with Crippen LogP contribution in [0.1, 0.15) is 19.8 Å². The lowest BCUT2D eigenvalue weighted by atomic mass is 10.3. The molecular weight excluding hydrogens is 302 g/mol. The van der Waals surface area contributed by atoms with Gasteiger partial charge in [0.05, 0.1) is 11.4 Å². The Morgan fingerprint density at radius 1 is 1.00 bits per heavy atom. The van der Waals surface area contributed by atoms with Gasteiger partial charge >= 0.3 is 0 Å². The van der Waals surface area contributed by atoms with Crippen LogP contribution in [0.5, 0.6) is 0 Å². The first-order chi connectivity index (χ1) is 10.1. The monoisotopic (exact) mass is 321 g/mol. The predicted octanol–water partition coefficient (Wildman–Crippen LogP) is 4.38. The van der Waals surface area contributed by atoms with Crippen LogP contribution in [0, 0.1) is 0 Å². The van der Waals surface area contributed by atoms with Crippen molar-refractivity contribution in [3.05, 3.63) is 54.6 Å². The average molecular weight is 321 g/mol. The lowest BCUT2D eigenvalue weighted by molar-refractivity contribution is 0.597. The summed E-state index contributed by atoms with van der Waals surface area (Å²) in [7, 11) is -3.27. The molecule has 0 atom stereocenters. The summed E-state index contributed by atoms with van der Waals surface area (Å²) in [5, 5.41) is 0. The van der Waals surface area contributed by atoms with Gasteiger partial charge in [-0.15, -0.1) is 0 Å². The van der Waals surface area contributed by atoms with E-state index in [0.717, 1.165) is 16.2 Å². The van der Waals surface area contributed by atoms with Gasteiger partial charge in [0.2, 0.25) is 10.0 Å². The van der Waals surface area contributed by atoms with Crippen LogP contribution in [0.25, 0.3) is 0 Å². The third-order valence-electron chi connectivity index (χ3n) is 2.89. The molecule has 0 spiro atoms. The summed E-state index contributed by atoms with van der Waals surface area (Å²) in [6.45, 7) is 1.98. The lowest BCUT2D eigenvalue weighted by Gasteiger charge is -2.12. The van der Waals surface area contributed by atoms with Crippen LogP contribution in [-0.4, -0.2) is 14.2 Å². The molecule has 2 rings (SSSR count). The molecule has 0 heterocycles. The van der Waals surface area contributed by atoms with Gasteiger partial charge in [-0.1, -0.05) is 55.4 Å². The molecule has 2 aromatic carbocycles. The van der Waals surface area contributed by atoms with Crippen molar-refractivity contribution in [2.45, 2.75) is 29.6 Å². The maximum absolute atomic E-state index is 12.0. The van der Waals surface area contributed by atoms with Crippen molar-refractivity contribution in [3.8, 4) is 0 Å². The van der Waals surface area contributed by atoms with Crippen LogP contribution in [0.15, 0.2) is 64.4 Å². The number of sulfonamides is 1. The second-order valence-corrected chi connectivity index (χ2v) is 7.64. The molecule has 0 aromatic heterocycles. The predicted molar refractivity (Wildman–Crippen MR) is 89.3 cm³/mol. The van der Waals surface area contributed by atoms with E-state index in [-0.39, 0.29) is 5.75 Å². The summed E-state index contributed by atoms with van der Waals surface area (Å²) in [5.74, 6) is 0.161. The summed E-state index contributed by atoms with van der Waals surface area (Å²) in [5.41, 5.74) is 0.641. The highest BCUT2D eigenvalue weighted by atomic mass is 32.2. The number of hydrogen-bond donors (Lipinski definition) is 1. The Morgan fingerprint density at radius 3 is 2.38 bits per heavy atom. The van der Waals surface area contributed by atoms with Crippen LogP contribution >= 0.6 is 11.8 Å². The van der Waals surface area contributed by atoms with E-state index >= 15 is 0 Å². The van der Waals surface area contributed by atoms with Crippen LogP contribution in [-0.2, 0) is 10.0 Å². The first-order valence-electron chi connectivity index (χ1n) is 6.93. The van der Waals surface area contributed by atoms with Crippen LogP contribution in [0.3, 0.4) is 0 Å². The van der Waals surface area contributed by atoms with Gasteiger partial charge in [-0.05, 0) is 30.7 Å². The Balaban J connectivity index is 2.17. The molecule has 0 saturated carbocycles. The quantitative estimate of drug-likeness (QED) is 0.823. The maximum Gasteiger partial charge on any atom is 0.232 e. The molecule has 112 valence electrons. The Hall–Kier alpha value is -1.46. The van der Waals surface area contributed by atoms with Crippen molar-refractivity contribution in [1.29, 1.82) is 0 Å². The van der Waals surface area contributed by atoms with Crippen molar-refractivity contribution >= 4 is 27.5 Å². The molecule has 5 heteroatoms. The summed E-state index contributed by atoms with van der Waals surface area (Å²) in [6.07, 6.45) is 1.53. The van der Waals surface area contributed by atoms with E-state index in [1.807, 2.05) is 55.5 Å². The number of anilines is 1. The molecule has 0 aliphatic carbocycles. The minimum Gasteiger partial charge on any atom is -0.282 e. The maximum atomic E-state index is 12.0. The van der Waals surface area contributed by atoms with E-state index in [9.17, 15) is 8.42 Å². The van der Waals surface area contributed by atoms with Gasteiger partial charge in [-0.25, -0.2) is 8.42 Å². The average Bonchev–Trinajstić information content (AvgIpc) is 2.48. The van der Waals surface area contributed by atoms with E-state index < -0.39 is 10.0 Å². The highest BCUT2D eigenvalue weighted by molar-refractivity contribution is 7.99. The molecule has 0 aliphatic heterocycles.